The van der Waals surface area contributed by atoms with Crippen molar-refractivity contribution >= 4 is 16.9 Å². The largest absolute Gasteiger partial charge is 0.363 e. The molecule has 1 aromatic carbocycles. The van der Waals surface area contributed by atoms with Crippen LogP contribution in [0.5, 0.6) is 0 Å². The van der Waals surface area contributed by atoms with E-state index in [4.69, 9.17) is 0 Å². The molecule has 2 fully saturated rings. The van der Waals surface area contributed by atoms with Crippen LogP contribution >= 0.6 is 0 Å². The summed E-state index contributed by atoms with van der Waals surface area (Å²) in [5.41, 5.74) is -0.586. The molecule has 8 bridgehead atoms. The summed E-state index contributed by atoms with van der Waals surface area (Å²) >= 11 is 0. The summed E-state index contributed by atoms with van der Waals surface area (Å²) in [5.74, 6) is -3.06. The van der Waals surface area contributed by atoms with Crippen LogP contribution in [0.2, 0.25) is 0 Å². The Balaban J connectivity index is 1.46. The molecule has 6 nitrogen and oxygen atoms in total. The Morgan fingerprint density at radius 1 is 1.08 bits per heavy atom. The molecule has 2 aliphatic heterocycles. The first-order valence-corrected chi connectivity index (χ1v) is 14.0. The van der Waals surface area contributed by atoms with Crippen LogP contribution in [-0.4, -0.2) is 14.5 Å². The molecule has 0 radical (unpaired) electrons. The van der Waals surface area contributed by atoms with Crippen molar-refractivity contribution in [2.45, 2.75) is 88.6 Å². The van der Waals surface area contributed by atoms with E-state index in [2.05, 4.69) is 21.4 Å². The SMILES string of the molecule is C[C@H]1Nc2ncnc3c2cc(C2(C#N)CC2)c(=O)n3CCCCC2CC(CCC(F)(F)c3cccc1c3F)C2. The maximum absolute atomic E-state index is 15.6. The van der Waals surface area contributed by atoms with Crippen LogP contribution in [0.3, 0.4) is 0 Å². The second kappa shape index (κ2) is 9.65. The van der Waals surface area contributed by atoms with Gasteiger partial charge in [-0.05, 0) is 63.4 Å². The van der Waals surface area contributed by atoms with Crippen molar-refractivity contribution in [2.24, 2.45) is 11.8 Å². The summed E-state index contributed by atoms with van der Waals surface area (Å²) in [7, 11) is 0. The second-order valence-corrected chi connectivity index (χ2v) is 11.7. The minimum Gasteiger partial charge on any atom is -0.363 e. The lowest BCUT2D eigenvalue weighted by atomic mass is 9.70. The van der Waals surface area contributed by atoms with Crippen LogP contribution in [0.1, 0.15) is 87.4 Å². The van der Waals surface area contributed by atoms with E-state index >= 15 is 13.2 Å². The topological polar surface area (TPSA) is 83.6 Å². The Morgan fingerprint density at radius 2 is 1.85 bits per heavy atom. The zero-order valence-corrected chi connectivity index (χ0v) is 22.0. The van der Waals surface area contributed by atoms with Gasteiger partial charge in [0.1, 0.15) is 23.6 Å². The zero-order chi connectivity index (χ0) is 27.4. The first-order chi connectivity index (χ1) is 18.7. The number of benzene rings is 1. The van der Waals surface area contributed by atoms with Gasteiger partial charge in [-0.1, -0.05) is 31.0 Å². The lowest BCUT2D eigenvalue weighted by molar-refractivity contribution is -0.0288. The maximum Gasteiger partial charge on any atom is 0.276 e. The van der Waals surface area contributed by atoms with E-state index in [1.54, 1.807) is 17.6 Å². The second-order valence-electron chi connectivity index (χ2n) is 11.7. The Labute approximate surface area is 225 Å². The molecular formula is C30H32F3N5O. The number of aryl methyl sites for hydroxylation is 1. The highest BCUT2D eigenvalue weighted by Crippen LogP contribution is 2.47. The van der Waals surface area contributed by atoms with Gasteiger partial charge in [0.05, 0.1) is 28.5 Å². The highest BCUT2D eigenvalue weighted by atomic mass is 19.3. The number of hydrogen-bond donors (Lipinski definition) is 1. The first kappa shape index (κ1) is 25.8. The molecule has 9 heteroatoms. The maximum atomic E-state index is 15.6. The lowest BCUT2D eigenvalue weighted by Crippen LogP contribution is -2.29. The van der Waals surface area contributed by atoms with Crippen LogP contribution < -0.4 is 10.9 Å². The van der Waals surface area contributed by atoms with Crippen molar-refractivity contribution in [2.75, 3.05) is 5.32 Å². The predicted octanol–water partition coefficient (Wildman–Crippen LogP) is 6.74. The smallest absolute Gasteiger partial charge is 0.276 e. The molecule has 2 saturated carbocycles. The molecule has 2 aromatic heterocycles. The standard InChI is InChI=1S/C30H32F3N5O/c1-18-21-6-4-7-23(25(21)31)30(32,33)9-8-20-13-19(14-20)5-2-3-12-38-27-22(26(37-18)35-17-36-27)15-24(28(38)39)29(16-34)10-11-29/h4,6-7,15,17-20H,2-3,5,8-14H2,1H3,(H,35,36,37)/t18-,19?,20?/m1/s1. The summed E-state index contributed by atoms with van der Waals surface area (Å²) in [4.78, 5) is 22.4. The summed E-state index contributed by atoms with van der Waals surface area (Å²) in [6, 6.07) is 7.48. The Morgan fingerprint density at radius 3 is 2.59 bits per heavy atom. The first-order valence-electron chi connectivity index (χ1n) is 14.0. The fourth-order valence-electron chi connectivity index (χ4n) is 6.43. The number of hydrogen-bond acceptors (Lipinski definition) is 5. The molecule has 3 aromatic rings. The third-order valence-corrected chi connectivity index (χ3v) is 9.05. The van der Waals surface area contributed by atoms with Gasteiger partial charge in [0.25, 0.3) is 11.5 Å². The van der Waals surface area contributed by atoms with Gasteiger partial charge < -0.3 is 5.32 Å². The number of rotatable bonds is 1. The molecule has 0 unspecified atom stereocenters. The molecule has 39 heavy (non-hydrogen) atoms. The Hall–Kier alpha value is -3.41. The van der Waals surface area contributed by atoms with Crippen molar-refractivity contribution in [1.82, 2.24) is 14.5 Å². The minimum atomic E-state index is -3.25. The lowest BCUT2D eigenvalue weighted by Gasteiger charge is -2.36. The number of nitriles is 1. The van der Waals surface area contributed by atoms with E-state index in [1.807, 2.05) is 0 Å². The monoisotopic (exact) mass is 535 g/mol. The van der Waals surface area contributed by atoms with Crippen LogP contribution in [0, 0.1) is 29.0 Å². The van der Waals surface area contributed by atoms with Gasteiger partial charge in [0, 0.05) is 24.1 Å². The number of fused-ring (bicyclic) bond motifs is 6. The summed E-state index contributed by atoms with van der Waals surface area (Å²) < 4.78 is 47.7. The van der Waals surface area contributed by atoms with Gasteiger partial charge in [-0.2, -0.15) is 5.26 Å². The van der Waals surface area contributed by atoms with E-state index < -0.39 is 28.8 Å². The van der Waals surface area contributed by atoms with Crippen LogP contribution in [0.4, 0.5) is 19.0 Å². The zero-order valence-electron chi connectivity index (χ0n) is 22.0. The van der Waals surface area contributed by atoms with Crippen molar-refractivity contribution < 1.29 is 13.2 Å². The van der Waals surface area contributed by atoms with Crippen molar-refractivity contribution in [1.29, 1.82) is 5.26 Å². The number of halogens is 3. The van der Waals surface area contributed by atoms with E-state index in [0.717, 1.165) is 32.1 Å². The molecule has 1 atom stereocenters. The Bertz CT molecular complexity index is 1520. The quantitative estimate of drug-likeness (QED) is 0.373. The van der Waals surface area contributed by atoms with E-state index in [-0.39, 0.29) is 23.5 Å². The number of aromatic nitrogens is 3. The van der Waals surface area contributed by atoms with Gasteiger partial charge in [-0.25, -0.2) is 23.1 Å². The van der Waals surface area contributed by atoms with Crippen molar-refractivity contribution in [3.05, 3.63) is 63.5 Å². The average Bonchev–Trinajstić information content (AvgIpc) is 3.68. The average molecular weight is 536 g/mol. The molecule has 0 spiro atoms. The minimum absolute atomic E-state index is 0.116. The molecule has 7 rings (SSSR count). The van der Waals surface area contributed by atoms with E-state index in [0.29, 0.717) is 54.1 Å². The van der Waals surface area contributed by atoms with Crippen LogP contribution in [0.15, 0.2) is 35.4 Å². The number of anilines is 1. The van der Waals surface area contributed by atoms with Gasteiger partial charge in [0.15, 0.2) is 0 Å². The van der Waals surface area contributed by atoms with E-state index in [9.17, 15) is 10.1 Å². The summed E-state index contributed by atoms with van der Waals surface area (Å²) in [5, 5.41) is 13.6. The number of alkyl halides is 2. The highest BCUT2D eigenvalue weighted by molar-refractivity contribution is 5.87. The van der Waals surface area contributed by atoms with Crippen molar-refractivity contribution in [3.63, 3.8) is 0 Å². The molecular weight excluding hydrogens is 503 g/mol. The molecule has 0 saturated heterocycles. The number of pyridine rings is 1. The number of nitrogens with zero attached hydrogens (tertiary/aromatic N) is 4. The van der Waals surface area contributed by atoms with Gasteiger partial charge in [-0.3, -0.25) is 9.36 Å². The molecule has 4 aliphatic rings. The molecule has 204 valence electrons. The summed E-state index contributed by atoms with van der Waals surface area (Å²) in [6.45, 7) is 2.16. The van der Waals surface area contributed by atoms with Gasteiger partial charge in [0.2, 0.25) is 0 Å². The van der Waals surface area contributed by atoms with Crippen LogP contribution in [0.25, 0.3) is 11.0 Å². The van der Waals surface area contributed by atoms with Crippen LogP contribution in [-0.2, 0) is 17.9 Å². The third kappa shape index (κ3) is 4.58. The Kier molecular flexibility index (Phi) is 6.40. The van der Waals surface area contributed by atoms with Gasteiger partial charge in [-0.15, -0.1) is 0 Å². The predicted molar refractivity (Wildman–Crippen MR) is 142 cm³/mol. The van der Waals surface area contributed by atoms with E-state index in [1.165, 1.54) is 24.5 Å². The van der Waals surface area contributed by atoms with Gasteiger partial charge >= 0.3 is 0 Å². The summed E-state index contributed by atoms with van der Waals surface area (Å²) in [6.07, 6.45) is 7.10. The molecule has 1 N–H and O–H groups in total. The fourth-order valence-corrected chi connectivity index (χ4v) is 6.43. The van der Waals surface area contributed by atoms with Crippen molar-refractivity contribution in [3.8, 4) is 6.07 Å². The molecule has 4 heterocycles. The highest BCUT2D eigenvalue weighted by Gasteiger charge is 2.47. The molecule has 2 aliphatic carbocycles. The normalized spacial score (nSPS) is 25.9. The fraction of sp³-hybridized carbons (Fsp3) is 0.533. The third-order valence-electron chi connectivity index (χ3n) is 9.05. The molecule has 0 amide bonds. The number of nitrogens with one attached hydrogen (secondary N) is 1.